The van der Waals surface area contributed by atoms with Crippen molar-refractivity contribution in [3.8, 4) is 11.5 Å². The first kappa shape index (κ1) is 14.0. The summed E-state index contributed by atoms with van der Waals surface area (Å²) in [6.07, 6.45) is 3.31. The van der Waals surface area contributed by atoms with E-state index in [1.807, 2.05) is 6.07 Å². The highest BCUT2D eigenvalue weighted by molar-refractivity contribution is 7.98. The Morgan fingerprint density at radius 1 is 1.24 bits per heavy atom. The van der Waals surface area contributed by atoms with Crippen LogP contribution in [0.3, 0.4) is 0 Å². The summed E-state index contributed by atoms with van der Waals surface area (Å²) in [6, 6.07) is 8.19. The predicted octanol–water partition coefficient (Wildman–Crippen LogP) is 4.22. The van der Waals surface area contributed by atoms with Crippen LogP contribution in [0.5, 0.6) is 0 Å². The number of hydrogen-bond acceptors (Lipinski definition) is 5. The van der Waals surface area contributed by atoms with Crippen molar-refractivity contribution in [1.29, 1.82) is 0 Å². The van der Waals surface area contributed by atoms with E-state index in [2.05, 4.69) is 15.2 Å². The molecule has 0 amide bonds. The summed E-state index contributed by atoms with van der Waals surface area (Å²) in [6.45, 7) is 0. The van der Waals surface area contributed by atoms with Crippen molar-refractivity contribution in [3.63, 3.8) is 0 Å². The quantitative estimate of drug-likeness (QED) is 0.673. The van der Waals surface area contributed by atoms with Crippen molar-refractivity contribution in [2.45, 2.75) is 11.0 Å². The molecule has 0 saturated heterocycles. The first-order chi connectivity index (χ1) is 10.2. The van der Waals surface area contributed by atoms with Crippen LogP contribution >= 0.6 is 23.4 Å². The van der Waals surface area contributed by atoms with E-state index < -0.39 is 0 Å². The molecule has 106 valence electrons. The fraction of sp³-hybridized carbons (Fsp3) is 0.0714. The van der Waals surface area contributed by atoms with Gasteiger partial charge in [0, 0.05) is 23.2 Å². The molecule has 2 heterocycles. The zero-order valence-corrected chi connectivity index (χ0v) is 12.2. The van der Waals surface area contributed by atoms with Crippen molar-refractivity contribution in [3.05, 3.63) is 59.1 Å². The number of pyridine rings is 1. The summed E-state index contributed by atoms with van der Waals surface area (Å²) in [5, 5.41) is 8.62. The minimum absolute atomic E-state index is 0.345. The molecular formula is C14H9ClFN3OS. The Bertz CT molecular complexity index is 751. The lowest BCUT2D eigenvalue weighted by Gasteiger charge is -2.00. The van der Waals surface area contributed by atoms with Crippen LogP contribution in [0.2, 0.25) is 5.02 Å². The average Bonchev–Trinajstić information content (AvgIpc) is 2.96. The Hall–Kier alpha value is -1.92. The molecule has 21 heavy (non-hydrogen) atoms. The second-order valence-electron chi connectivity index (χ2n) is 4.14. The largest absolute Gasteiger partial charge is 0.411 e. The molecule has 3 aromatic rings. The van der Waals surface area contributed by atoms with Gasteiger partial charge in [0.15, 0.2) is 0 Å². The molecule has 0 unspecified atom stereocenters. The van der Waals surface area contributed by atoms with Gasteiger partial charge >= 0.3 is 0 Å². The van der Waals surface area contributed by atoms with Crippen molar-refractivity contribution >= 4 is 23.4 Å². The maximum Gasteiger partial charge on any atom is 0.277 e. The highest BCUT2D eigenvalue weighted by Gasteiger charge is 2.10. The molecule has 0 saturated carbocycles. The monoisotopic (exact) mass is 321 g/mol. The van der Waals surface area contributed by atoms with Crippen molar-refractivity contribution in [2.75, 3.05) is 0 Å². The third-order valence-corrected chi connectivity index (χ3v) is 3.78. The van der Waals surface area contributed by atoms with E-state index in [1.165, 1.54) is 17.8 Å². The molecule has 1 aromatic carbocycles. The fourth-order valence-electron chi connectivity index (χ4n) is 1.65. The van der Waals surface area contributed by atoms with Gasteiger partial charge in [0.05, 0.1) is 5.56 Å². The standard InChI is InChI=1S/C14H9ClFN3OS/c15-11-4-3-10(12(16)6-11)8-21-14-19-18-13(20-14)9-2-1-5-17-7-9/h1-7H,8H2. The summed E-state index contributed by atoms with van der Waals surface area (Å²) in [5.74, 6) is 0.432. The van der Waals surface area contributed by atoms with Crippen LogP contribution in [-0.2, 0) is 5.75 Å². The van der Waals surface area contributed by atoms with Gasteiger partial charge in [-0.25, -0.2) is 4.39 Å². The zero-order chi connectivity index (χ0) is 14.7. The van der Waals surface area contributed by atoms with Crippen LogP contribution in [0.15, 0.2) is 52.4 Å². The Morgan fingerprint density at radius 3 is 2.90 bits per heavy atom. The molecule has 0 bridgehead atoms. The van der Waals surface area contributed by atoms with Crippen molar-refractivity contribution in [1.82, 2.24) is 15.2 Å². The van der Waals surface area contributed by atoms with Gasteiger partial charge in [0.2, 0.25) is 5.89 Å². The molecule has 3 rings (SSSR count). The van der Waals surface area contributed by atoms with E-state index in [1.54, 1.807) is 30.6 Å². The molecule has 0 spiro atoms. The summed E-state index contributed by atoms with van der Waals surface area (Å²) < 4.78 is 19.2. The van der Waals surface area contributed by atoms with E-state index in [9.17, 15) is 4.39 Å². The van der Waals surface area contributed by atoms with Gasteiger partial charge in [-0.05, 0) is 29.8 Å². The van der Waals surface area contributed by atoms with Crippen molar-refractivity contribution in [2.24, 2.45) is 0 Å². The number of thioether (sulfide) groups is 1. The molecule has 0 aliphatic rings. The number of nitrogens with zero attached hydrogens (tertiary/aromatic N) is 3. The highest BCUT2D eigenvalue weighted by atomic mass is 35.5. The molecule has 4 nitrogen and oxygen atoms in total. The van der Waals surface area contributed by atoms with E-state index in [-0.39, 0.29) is 5.82 Å². The number of aromatic nitrogens is 3. The van der Waals surface area contributed by atoms with Crippen LogP contribution in [0.4, 0.5) is 4.39 Å². The molecule has 0 atom stereocenters. The average molecular weight is 322 g/mol. The Balaban J connectivity index is 1.70. The second-order valence-corrected chi connectivity index (χ2v) is 5.50. The maximum absolute atomic E-state index is 13.7. The van der Waals surface area contributed by atoms with Gasteiger partial charge in [0.1, 0.15) is 5.82 Å². The van der Waals surface area contributed by atoms with Crippen LogP contribution < -0.4 is 0 Å². The van der Waals surface area contributed by atoms with E-state index >= 15 is 0 Å². The minimum atomic E-state index is -0.345. The Kier molecular flexibility index (Phi) is 4.17. The molecular weight excluding hydrogens is 313 g/mol. The van der Waals surface area contributed by atoms with Crippen LogP contribution in [0, 0.1) is 5.82 Å². The number of hydrogen-bond donors (Lipinski definition) is 0. The van der Waals surface area contributed by atoms with Gasteiger partial charge in [-0.2, -0.15) is 0 Å². The topological polar surface area (TPSA) is 51.8 Å². The summed E-state index contributed by atoms with van der Waals surface area (Å²) >= 11 is 6.98. The van der Waals surface area contributed by atoms with Crippen LogP contribution in [0.25, 0.3) is 11.5 Å². The molecule has 2 aromatic heterocycles. The van der Waals surface area contributed by atoms with Crippen LogP contribution in [-0.4, -0.2) is 15.2 Å². The number of rotatable bonds is 4. The molecule has 0 N–H and O–H groups in total. The first-order valence-corrected chi connectivity index (χ1v) is 7.39. The third-order valence-electron chi connectivity index (χ3n) is 2.68. The summed E-state index contributed by atoms with van der Waals surface area (Å²) in [7, 11) is 0. The summed E-state index contributed by atoms with van der Waals surface area (Å²) in [4.78, 5) is 3.99. The van der Waals surface area contributed by atoms with Gasteiger partial charge in [-0.15, -0.1) is 10.2 Å². The SMILES string of the molecule is Fc1cc(Cl)ccc1CSc1nnc(-c2cccnc2)o1. The van der Waals surface area contributed by atoms with Gasteiger partial charge in [-0.3, -0.25) is 4.98 Å². The van der Waals surface area contributed by atoms with E-state index in [4.69, 9.17) is 16.0 Å². The predicted molar refractivity (Wildman–Crippen MR) is 78.5 cm³/mol. The lowest BCUT2D eigenvalue weighted by Crippen LogP contribution is -1.87. The number of halogens is 2. The number of benzene rings is 1. The van der Waals surface area contributed by atoms with E-state index in [0.29, 0.717) is 27.5 Å². The molecule has 0 radical (unpaired) electrons. The molecule has 0 fully saturated rings. The summed E-state index contributed by atoms with van der Waals surface area (Å²) in [5.41, 5.74) is 1.28. The van der Waals surface area contributed by atoms with E-state index in [0.717, 1.165) is 5.56 Å². The van der Waals surface area contributed by atoms with Gasteiger partial charge in [-0.1, -0.05) is 29.4 Å². The normalized spacial score (nSPS) is 10.8. The lowest BCUT2D eigenvalue weighted by atomic mass is 10.2. The van der Waals surface area contributed by atoms with Gasteiger partial charge < -0.3 is 4.42 Å². The Morgan fingerprint density at radius 2 is 2.14 bits per heavy atom. The fourth-order valence-corrected chi connectivity index (χ4v) is 2.56. The highest BCUT2D eigenvalue weighted by Crippen LogP contribution is 2.26. The zero-order valence-electron chi connectivity index (χ0n) is 10.7. The maximum atomic E-state index is 13.7. The molecule has 0 aliphatic heterocycles. The minimum Gasteiger partial charge on any atom is -0.411 e. The third kappa shape index (κ3) is 3.40. The van der Waals surface area contributed by atoms with Gasteiger partial charge in [0.25, 0.3) is 5.22 Å². The first-order valence-electron chi connectivity index (χ1n) is 6.03. The molecule has 0 aliphatic carbocycles. The second kappa shape index (κ2) is 6.24. The molecule has 7 heteroatoms. The van der Waals surface area contributed by atoms with Crippen molar-refractivity contribution < 1.29 is 8.81 Å². The Labute approximate surface area is 129 Å². The smallest absolute Gasteiger partial charge is 0.277 e. The lowest BCUT2D eigenvalue weighted by molar-refractivity contribution is 0.465. The van der Waals surface area contributed by atoms with Crippen LogP contribution in [0.1, 0.15) is 5.56 Å².